The molecule has 0 bridgehead atoms. The highest BCUT2D eigenvalue weighted by Gasteiger charge is 2.29. The Bertz CT molecular complexity index is 731. The van der Waals surface area contributed by atoms with Crippen LogP contribution >= 0.6 is 0 Å². The second-order valence-corrected chi connectivity index (χ2v) is 5.06. The van der Waals surface area contributed by atoms with Gasteiger partial charge in [0.05, 0.1) is 18.4 Å². The summed E-state index contributed by atoms with van der Waals surface area (Å²) in [6, 6.07) is 10.3. The summed E-state index contributed by atoms with van der Waals surface area (Å²) in [7, 11) is 0. The van der Waals surface area contributed by atoms with Crippen molar-refractivity contribution in [1.29, 1.82) is 0 Å². The lowest BCUT2D eigenvalue weighted by Gasteiger charge is -1.98. The number of anilines is 1. The van der Waals surface area contributed by atoms with E-state index in [2.05, 4.69) is 25.8 Å². The lowest BCUT2D eigenvalue weighted by atomic mass is 10.3. The van der Waals surface area contributed by atoms with E-state index in [9.17, 15) is 0 Å². The SMILES string of the molecule is c1ccc(-n2cc(CNc3nnc(C4CC4)o3)nn2)cc1. The van der Waals surface area contributed by atoms with Crippen molar-refractivity contribution in [2.24, 2.45) is 0 Å². The van der Waals surface area contributed by atoms with Gasteiger partial charge < -0.3 is 9.73 Å². The van der Waals surface area contributed by atoms with Crippen molar-refractivity contribution in [1.82, 2.24) is 25.2 Å². The molecule has 106 valence electrons. The minimum atomic E-state index is 0.436. The Balaban J connectivity index is 1.41. The molecule has 3 aromatic rings. The molecule has 7 nitrogen and oxygen atoms in total. The van der Waals surface area contributed by atoms with E-state index >= 15 is 0 Å². The molecule has 1 fully saturated rings. The van der Waals surface area contributed by atoms with E-state index in [1.54, 1.807) is 4.68 Å². The second kappa shape index (κ2) is 5.01. The molecule has 1 aliphatic rings. The van der Waals surface area contributed by atoms with Crippen LogP contribution < -0.4 is 5.32 Å². The quantitative estimate of drug-likeness (QED) is 0.772. The fourth-order valence-electron chi connectivity index (χ4n) is 2.05. The van der Waals surface area contributed by atoms with Gasteiger partial charge in [-0.1, -0.05) is 28.5 Å². The molecule has 0 amide bonds. The minimum Gasteiger partial charge on any atom is -0.408 e. The number of nitrogens with zero attached hydrogens (tertiary/aromatic N) is 5. The maximum Gasteiger partial charge on any atom is 0.315 e. The lowest BCUT2D eigenvalue weighted by molar-refractivity contribution is 0.506. The number of aromatic nitrogens is 5. The summed E-state index contributed by atoms with van der Waals surface area (Å²) in [5, 5.41) is 19.3. The summed E-state index contributed by atoms with van der Waals surface area (Å²) in [5.41, 5.74) is 1.79. The molecule has 7 heteroatoms. The molecule has 1 N–H and O–H groups in total. The molecular formula is C14H14N6O. The average molecular weight is 282 g/mol. The first-order valence-corrected chi connectivity index (χ1v) is 6.92. The van der Waals surface area contributed by atoms with Crippen molar-refractivity contribution in [3.8, 4) is 5.69 Å². The molecule has 0 radical (unpaired) electrons. The molecular weight excluding hydrogens is 268 g/mol. The van der Waals surface area contributed by atoms with Gasteiger partial charge in [-0.2, -0.15) is 0 Å². The zero-order chi connectivity index (χ0) is 14.1. The van der Waals surface area contributed by atoms with Crippen LogP contribution in [0, 0.1) is 0 Å². The largest absolute Gasteiger partial charge is 0.408 e. The molecule has 1 aromatic carbocycles. The molecule has 0 aliphatic heterocycles. The molecule has 21 heavy (non-hydrogen) atoms. The number of benzene rings is 1. The number of rotatable bonds is 5. The predicted molar refractivity (Wildman–Crippen MR) is 75.0 cm³/mol. The molecule has 2 heterocycles. The van der Waals surface area contributed by atoms with Gasteiger partial charge in [-0.25, -0.2) is 4.68 Å². The maximum absolute atomic E-state index is 5.53. The third-order valence-electron chi connectivity index (χ3n) is 3.35. The summed E-state index contributed by atoms with van der Waals surface area (Å²) in [4.78, 5) is 0. The van der Waals surface area contributed by atoms with Crippen molar-refractivity contribution in [3.05, 3.63) is 48.1 Å². The third-order valence-corrected chi connectivity index (χ3v) is 3.35. The lowest BCUT2D eigenvalue weighted by Crippen LogP contribution is -1.99. The molecule has 0 saturated heterocycles. The van der Waals surface area contributed by atoms with E-state index in [0.717, 1.165) is 30.1 Å². The molecule has 0 unspecified atom stereocenters. The topological polar surface area (TPSA) is 81.7 Å². The maximum atomic E-state index is 5.53. The Morgan fingerprint density at radius 3 is 2.81 bits per heavy atom. The van der Waals surface area contributed by atoms with Crippen LogP contribution in [0.5, 0.6) is 0 Å². The highest BCUT2D eigenvalue weighted by atomic mass is 16.4. The molecule has 0 atom stereocenters. The minimum absolute atomic E-state index is 0.436. The fourth-order valence-corrected chi connectivity index (χ4v) is 2.05. The van der Waals surface area contributed by atoms with Crippen LogP contribution in [0.4, 0.5) is 6.01 Å². The van der Waals surface area contributed by atoms with Crippen LogP contribution in [-0.2, 0) is 6.54 Å². The van der Waals surface area contributed by atoms with Crippen molar-refractivity contribution >= 4 is 6.01 Å². The van der Waals surface area contributed by atoms with Crippen LogP contribution in [0.1, 0.15) is 30.3 Å². The Morgan fingerprint density at radius 1 is 1.14 bits per heavy atom. The van der Waals surface area contributed by atoms with E-state index in [0.29, 0.717) is 18.5 Å². The monoisotopic (exact) mass is 282 g/mol. The van der Waals surface area contributed by atoms with E-state index in [4.69, 9.17) is 4.42 Å². The van der Waals surface area contributed by atoms with Crippen LogP contribution in [-0.4, -0.2) is 25.2 Å². The van der Waals surface area contributed by atoms with Crippen molar-refractivity contribution in [2.75, 3.05) is 5.32 Å². The first-order valence-electron chi connectivity index (χ1n) is 6.92. The van der Waals surface area contributed by atoms with Gasteiger partial charge in [0.2, 0.25) is 5.89 Å². The van der Waals surface area contributed by atoms with Crippen LogP contribution in [0.3, 0.4) is 0 Å². The van der Waals surface area contributed by atoms with Crippen molar-refractivity contribution in [3.63, 3.8) is 0 Å². The zero-order valence-corrected chi connectivity index (χ0v) is 11.3. The number of hydrogen-bond donors (Lipinski definition) is 1. The average Bonchev–Trinajstić information content (AvgIpc) is 3.09. The zero-order valence-electron chi connectivity index (χ0n) is 11.3. The predicted octanol–water partition coefficient (Wildman–Crippen LogP) is 2.14. The van der Waals surface area contributed by atoms with Gasteiger partial charge in [-0.15, -0.1) is 10.2 Å². The summed E-state index contributed by atoms with van der Waals surface area (Å²) in [5.74, 6) is 1.19. The van der Waals surface area contributed by atoms with Crippen LogP contribution in [0.2, 0.25) is 0 Å². The van der Waals surface area contributed by atoms with Gasteiger partial charge in [0.25, 0.3) is 0 Å². The van der Waals surface area contributed by atoms with Gasteiger partial charge in [-0.05, 0) is 25.0 Å². The highest BCUT2D eigenvalue weighted by Crippen LogP contribution is 2.39. The van der Waals surface area contributed by atoms with Gasteiger partial charge in [-0.3, -0.25) is 0 Å². The molecule has 1 aliphatic carbocycles. The number of hydrogen-bond acceptors (Lipinski definition) is 6. The van der Waals surface area contributed by atoms with E-state index in [-0.39, 0.29) is 0 Å². The molecule has 1 saturated carbocycles. The van der Waals surface area contributed by atoms with Gasteiger partial charge >= 0.3 is 6.01 Å². The van der Waals surface area contributed by atoms with Gasteiger partial charge in [0.15, 0.2) is 0 Å². The summed E-state index contributed by atoms with van der Waals surface area (Å²) in [6.07, 6.45) is 4.17. The normalized spacial score (nSPS) is 14.3. The second-order valence-electron chi connectivity index (χ2n) is 5.06. The Labute approximate surface area is 121 Å². The Morgan fingerprint density at radius 2 is 2.00 bits per heavy atom. The summed E-state index contributed by atoms with van der Waals surface area (Å²) < 4.78 is 7.27. The summed E-state index contributed by atoms with van der Waals surface area (Å²) >= 11 is 0. The molecule has 0 spiro atoms. The van der Waals surface area contributed by atoms with E-state index < -0.39 is 0 Å². The third kappa shape index (κ3) is 2.62. The van der Waals surface area contributed by atoms with Crippen molar-refractivity contribution in [2.45, 2.75) is 25.3 Å². The van der Waals surface area contributed by atoms with Gasteiger partial charge in [0, 0.05) is 5.92 Å². The van der Waals surface area contributed by atoms with Crippen molar-refractivity contribution < 1.29 is 4.42 Å². The van der Waals surface area contributed by atoms with Crippen LogP contribution in [0.15, 0.2) is 40.9 Å². The molecule has 2 aromatic heterocycles. The standard InChI is InChI=1S/C14H14N6O/c1-2-4-12(5-3-1)20-9-11(16-19-20)8-15-14-18-17-13(21-14)10-6-7-10/h1-5,9-10H,6-8H2,(H,15,18). The molecule has 4 rings (SSSR count). The first kappa shape index (κ1) is 12.1. The van der Waals surface area contributed by atoms with E-state index in [1.807, 2.05) is 36.5 Å². The number of nitrogens with one attached hydrogen (secondary N) is 1. The first-order chi connectivity index (χ1) is 10.4. The summed E-state index contributed by atoms with van der Waals surface area (Å²) in [6.45, 7) is 0.499. The Hall–Kier alpha value is -2.70. The fraction of sp³-hybridized carbons (Fsp3) is 0.286. The smallest absolute Gasteiger partial charge is 0.315 e. The van der Waals surface area contributed by atoms with Gasteiger partial charge in [0.1, 0.15) is 5.69 Å². The van der Waals surface area contributed by atoms with E-state index in [1.165, 1.54) is 0 Å². The Kier molecular flexibility index (Phi) is 2.88. The number of para-hydroxylation sites is 1. The van der Waals surface area contributed by atoms with Crippen LogP contribution in [0.25, 0.3) is 5.69 Å². The highest BCUT2D eigenvalue weighted by molar-refractivity contribution is 5.30.